The van der Waals surface area contributed by atoms with E-state index in [1.807, 2.05) is 26.0 Å². The number of esters is 1. The second-order valence-electron chi connectivity index (χ2n) is 5.70. The molecule has 0 aliphatic carbocycles. The summed E-state index contributed by atoms with van der Waals surface area (Å²) in [6, 6.07) is 12.3. The van der Waals surface area contributed by atoms with Crippen LogP contribution in [0.4, 0.5) is 0 Å². The van der Waals surface area contributed by atoms with Crippen LogP contribution in [0, 0.1) is 13.8 Å². The van der Waals surface area contributed by atoms with E-state index in [1.165, 1.54) is 6.33 Å². The average molecular weight is 335 g/mol. The van der Waals surface area contributed by atoms with Gasteiger partial charge in [0.15, 0.2) is 6.61 Å². The second-order valence-corrected chi connectivity index (χ2v) is 5.70. The summed E-state index contributed by atoms with van der Waals surface area (Å²) in [6.07, 6.45) is 3.00. The molecule has 0 bridgehead atoms. The molecule has 0 radical (unpaired) electrons. The predicted molar refractivity (Wildman–Crippen MR) is 91.9 cm³/mol. The minimum absolute atomic E-state index is 0.218. The molecule has 0 unspecified atom stereocenters. The minimum atomic E-state index is -0.539. The van der Waals surface area contributed by atoms with Crippen molar-refractivity contribution < 1.29 is 14.3 Å². The number of aryl methyl sites for hydroxylation is 2. The quantitative estimate of drug-likeness (QED) is 0.529. The van der Waals surface area contributed by atoms with Crippen molar-refractivity contribution in [3.05, 3.63) is 77.4 Å². The summed E-state index contributed by atoms with van der Waals surface area (Å²) in [5.74, 6) is -0.756. The molecular weight excluding hydrogens is 318 g/mol. The summed E-state index contributed by atoms with van der Waals surface area (Å²) < 4.78 is 6.72. The van der Waals surface area contributed by atoms with Crippen molar-refractivity contribution in [2.24, 2.45) is 0 Å². The molecule has 25 heavy (non-hydrogen) atoms. The van der Waals surface area contributed by atoms with Gasteiger partial charge in [-0.1, -0.05) is 23.8 Å². The van der Waals surface area contributed by atoms with Crippen LogP contribution in [0.2, 0.25) is 0 Å². The van der Waals surface area contributed by atoms with Crippen molar-refractivity contribution in [3.8, 4) is 5.69 Å². The molecule has 0 saturated carbocycles. The monoisotopic (exact) mass is 335 g/mol. The van der Waals surface area contributed by atoms with E-state index >= 15 is 0 Å². The lowest BCUT2D eigenvalue weighted by atomic mass is 10.0. The number of aromatic nitrogens is 3. The molecule has 0 aliphatic rings. The minimum Gasteiger partial charge on any atom is -0.454 e. The molecule has 126 valence electrons. The van der Waals surface area contributed by atoms with Crippen LogP contribution in [-0.4, -0.2) is 33.1 Å². The zero-order chi connectivity index (χ0) is 17.8. The van der Waals surface area contributed by atoms with Gasteiger partial charge < -0.3 is 4.74 Å². The van der Waals surface area contributed by atoms with Gasteiger partial charge >= 0.3 is 5.97 Å². The first kappa shape index (κ1) is 16.6. The van der Waals surface area contributed by atoms with Crippen molar-refractivity contribution >= 4 is 11.8 Å². The standard InChI is InChI=1S/C19H17N3O3/c1-13-3-8-17(14(2)9-13)18(23)10-25-19(24)15-4-6-16(7-5-15)22-12-20-11-21-22/h3-9,11-12H,10H2,1-2H3. The molecule has 1 aromatic heterocycles. The number of rotatable bonds is 5. The molecule has 0 aliphatic heterocycles. The Morgan fingerprint density at radius 3 is 2.48 bits per heavy atom. The SMILES string of the molecule is Cc1ccc(C(=O)COC(=O)c2ccc(-n3cncn3)cc2)c(C)c1. The molecule has 0 amide bonds. The first-order valence-electron chi connectivity index (χ1n) is 7.77. The lowest BCUT2D eigenvalue weighted by Crippen LogP contribution is -2.15. The fraction of sp³-hybridized carbons (Fsp3) is 0.158. The van der Waals surface area contributed by atoms with E-state index in [0.29, 0.717) is 11.1 Å². The largest absolute Gasteiger partial charge is 0.454 e. The summed E-state index contributed by atoms with van der Waals surface area (Å²) in [7, 11) is 0. The molecule has 0 fully saturated rings. The van der Waals surface area contributed by atoms with E-state index < -0.39 is 5.97 Å². The van der Waals surface area contributed by atoms with Gasteiger partial charge in [-0.15, -0.1) is 0 Å². The highest BCUT2D eigenvalue weighted by atomic mass is 16.5. The summed E-state index contributed by atoms with van der Waals surface area (Å²) in [5, 5.41) is 4.01. The number of nitrogens with zero attached hydrogens (tertiary/aromatic N) is 3. The molecule has 2 aromatic carbocycles. The van der Waals surface area contributed by atoms with Gasteiger partial charge in [0.25, 0.3) is 0 Å². The number of benzene rings is 2. The first-order chi connectivity index (χ1) is 12.0. The highest BCUT2D eigenvalue weighted by molar-refractivity contribution is 6.00. The van der Waals surface area contributed by atoms with Crippen LogP contribution in [0.15, 0.2) is 55.1 Å². The molecule has 0 spiro atoms. The summed E-state index contributed by atoms with van der Waals surface area (Å²) >= 11 is 0. The number of Topliss-reactive ketones (excluding diaryl/α,β-unsaturated/α-hetero) is 1. The predicted octanol–water partition coefficient (Wildman–Crippen LogP) is 2.92. The number of ether oxygens (including phenoxy) is 1. The summed E-state index contributed by atoms with van der Waals surface area (Å²) in [4.78, 5) is 28.2. The second kappa shape index (κ2) is 7.09. The van der Waals surface area contributed by atoms with Crippen molar-refractivity contribution in [2.45, 2.75) is 13.8 Å². The van der Waals surface area contributed by atoms with Crippen molar-refractivity contribution in [2.75, 3.05) is 6.61 Å². The number of carbonyl (C=O) groups is 2. The topological polar surface area (TPSA) is 74.1 Å². The Balaban J connectivity index is 1.63. The third kappa shape index (κ3) is 3.80. The summed E-state index contributed by atoms with van der Waals surface area (Å²) in [5.41, 5.74) is 3.68. The molecule has 0 N–H and O–H groups in total. The molecule has 1 heterocycles. The Bertz CT molecular complexity index is 900. The van der Waals surface area contributed by atoms with E-state index in [-0.39, 0.29) is 12.4 Å². The van der Waals surface area contributed by atoms with Gasteiger partial charge in [0.1, 0.15) is 12.7 Å². The van der Waals surface area contributed by atoms with E-state index in [2.05, 4.69) is 10.1 Å². The van der Waals surface area contributed by atoms with Crippen molar-refractivity contribution in [3.63, 3.8) is 0 Å². The third-order valence-electron chi connectivity index (χ3n) is 3.80. The van der Waals surface area contributed by atoms with E-state index in [9.17, 15) is 9.59 Å². The van der Waals surface area contributed by atoms with Gasteiger partial charge in [-0.25, -0.2) is 14.5 Å². The Morgan fingerprint density at radius 2 is 1.84 bits per heavy atom. The van der Waals surface area contributed by atoms with E-state index in [4.69, 9.17) is 4.74 Å². The smallest absolute Gasteiger partial charge is 0.338 e. The lowest BCUT2D eigenvalue weighted by molar-refractivity contribution is 0.0474. The zero-order valence-corrected chi connectivity index (χ0v) is 14.0. The van der Waals surface area contributed by atoms with Crippen LogP contribution in [0.5, 0.6) is 0 Å². The fourth-order valence-corrected chi connectivity index (χ4v) is 2.51. The average Bonchev–Trinajstić information content (AvgIpc) is 3.14. The molecule has 3 rings (SSSR count). The normalized spacial score (nSPS) is 10.5. The highest BCUT2D eigenvalue weighted by Crippen LogP contribution is 2.13. The number of hydrogen-bond acceptors (Lipinski definition) is 5. The van der Waals surface area contributed by atoms with Crippen LogP contribution >= 0.6 is 0 Å². The number of hydrogen-bond donors (Lipinski definition) is 0. The zero-order valence-electron chi connectivity index (χ0n) is 14.0. The van der Waals surface area contributed by atoms with Gasteiger partial charge in [0.05, 0.1) is 11.3 Å². The highest BCUT2D eigenvalue weighted by Gasteiger charge is 2.13. The Hall–Kier alpha value is -3.28. The molecular formula is C19H17N3O3. The maximum absolute atomic E-state index is 12.2. The van der Waals surface area contributed by atoms with Crippen LogP contribution in [-0.2, 0) is 4.74 Å². The van der Waals surface area contributed by atoms with Gasteiger partial charge in [0, 0.05) is 5.56 Å². The number of carbonyl (C=O) groups excluding carboxylic acids is 2. The maximum atomic E-state index is 12.2. The van der Waals surface area contributed by atoms with Gasteiger partial charge in [-0.2, -0.15) is 5.10 Å². The van der Waals surface area contributed by atoms with Gasteiger partial charge in [-0.3, -0.25) is 4.79 Å². The lowest BCUT2D eigenvalue weighted by Gasteiger charge is -2.08. The Morgan fingerprint density at radius 1 is 1.08 bits per heavy atom. The van der Waals surface area contributed by atoms with Crippen LogP contribution < -0.4 is 0 Å². The van der Waals surface area contributed by atoms with E-state index in [0.717, 1.165) is 16.8 Å². The molecule has 6 heteroatoms. The molecule has 3 aromatic rings. The van der Waals surface area contributed by atoms with Crippen LogP contribution in [0.3, 0.4) is 0 Å². The molecule has 0 saturated heterocycles. The van der Waals surface area contributed by atoms with Gasteiger partial charge in [-0.05, 0) is 43.7 Å². The van der Waals surface area contributed by atoms with Gasteiger partial charge in [0.2, 0.25) is 5.78 Å². The third-order valence-corrected chi connectivity index (χ3v) is 3.80. The van der Waals surface area contributed by atoms with Crippen molar-refractivity contribution in [1.29, 1.82) is 0 Å². The summed E-state index contributed by atoms with van der Waals surface area (Å²) in [6.45, 7) is 3.54. The number of ketones is 1. The van der Waals surface area contributed by atoms with Crippen LogP contribution in [0.1, 0.15) is 31.8 Å². The van der Waals surface area contributed by atoms with Crippen LogP contribution in [0.25, 0.3) is 5.69 Å². The van der Waals surface area contributed by atoms with E-state index in [1.54, 1.807) is 41.3 Å². The molecule has 6 nitrogen and oxygen atoms in total. The van der Waals surface area contributed by atoms with Crippen molar-refractivity contribution in [1.82, 2.24) is 14.8 Å². The Labute approximate surface area is 145 Å². The fourth-order valence-electron chi connectivity index (χ4n) is 2.51. The molecule has 0 atom stereocenters. The maximum Gasteiger partial charge on any atom is 0.338 e. The first-order valence-corrected chi connectivity index (χ1v) is 7.77. The Kier molecular flexibility index (Phi) is 4.70.